The van der Waals surface area contributed by atoms with Gasteiger partial charge in [-0.3, -0.25) is 9.59 Å². The minimum Gasteiger partial charge on any atom is -0.481 e. The van der Waals surface area contributed by atoms with E-state index in [2.05, 4.69) is 43.8 Å². The van der Waals surface area contributed by atoms with Gasteiger partial charge in [0.1, 0.15) is 10.8 Å². The lowest BCUT2D eigenvalue weighted by atomic mass is 10.0. The molecule has 0 unspecified atom stereocenters. The van der Waals surface area contributed by atoms with Gasteiger partial charge in [-0.15, -0.1) is 11.3 Å². The third-order valence-corrected chi connectivity index (χ3v) is 4.86. The lowest BCUT2D eigenvalue weighted by molar-refractivity contribution is -0.136. The van der Waals surface area contributed by atoms with Crippen molar-refractivity contribution in [2.75, 3.05) is 18.5 Å². The molecule has 0 atom stereocenters. The molecule has 0 aliphatic heterocycles. The van der Waals surface area contributed by atoms with Gasteiger partial charge in [-0.25, -0.2) is 4.98 Å². The fourth-order valence-corrected chi connectivity index (χ4v) is 3.76. The topological polar surface area (TPSA) is 70.5 Å². The van der Waals surface area contributed by atoms with E-state index in [9.17, 15) is 9.59 Å². The molecule has 1 N–H and O–H groups in total. The van der Waals surface area contributed by atoms with Crippen LogP contribution in [-0.2, 0) is 28.9 Å². The summed E-state index contributed by atoms with van der Waals surface area (Å²) in [4.78, 5) is 29.7. The molecular weight excluding hydrogens is 348 g/mol. The Morgan fingerprint density at radius 2 is 1.96 bits per heavy atom. The number of carboxylic acid groups (broad SMARTS) is 1. The number of aryl methyl sites for hydroxylation is 1. The second kappa shape index (κ2) is 8.94. The number of Topliss-reactive ketones (excluding diaryl/α,β-unsaturated/α-hetero) is 1. The summed E-state index contributed by atoms with van der Waals surface area (Å²) in [5.41, 5.74) is 3.80. The minimum absolute atomic E-state index is 0.0873. The molecule has 5 nitrogen and oxygen atoms in total. The maximum absolute atomic E-state index is 12.5. The third kappa shape index (κ3) is 5.95. The highest BCUT2D eigenvalue weighted by Gasteiger charge is 2.15. The van der Waals surface area contributed by atoms with Gasteiger partial charge in [0.2, 0.25) is 0 Å². The minimum atomic E-state index is -0.911. The first-order valence-electron chi connectivity index (χ1n) is 8.72. The molecule has 0 fully saturated rings. The van der Waals surface area contributed by atoms with Crippen LogP contribution in [0.4, 0.5) is 5.69 Å². The van der Waals surface area contributed by atoms with Gasteiger partial charge in [-0.1, -0.05) is 26.0 Å². The molecule has 140 valence electrons. The number of carboxylic acids is 1. The van der Waals surface area contributed by atoms with Gasteiger partial charge in [0.25, 0.3) is 0 Å². The first-order chi connectivity index (χ1) is 12.2. The summed E-state index contributed by atoms with van der Waals surface area (Å²) in [7, 11) is 2.06. The molecule has 0 bridgehead atoms. The van der Waals surface area contributed by atoms with Crippen LogP contribution in [0.25, 0.3) is 0 Å². The zero-order valence-corrected chi connectivity index (χ0v) is 16.6. The monoisotopic (exact) mass is 374 g/mol. The van der Waals surface area contributed by atoms with Crippen molar-refractivity contribution in [1.82, 2.24) is 4.98 Å². The Labute approximate surface area is 158 Å². The number of carbonyl (C=O) groups excluding carboxylic acids is 1. The highest BCUT2D eigenvalue weighted by Crippen LogP contribution is 2.24. The molecule has 1 heterocycles. The number of anilines is 1. The van der Waals surface area contributed by atoms with Crippen molar-refractivity contribution in [3.63, 3.8) is 0 Å². The molecule has 1 aromatic carbocycles. The Kier molecular flexibility index (Phi) is 6.91. The number of thiazole rings is 1. The lowest BCUT2D eigenvalue weighted by Gasteiger charge is -2.24. The molecule has 2 rings (SSSR count). The van der Waals surface area contributed by atoms with E-state index in [4.69, 9.17) is 5.11 Å². The van der Waals surface area contributed by atoms with E-state index in [0.717, 1.165) is 17.8 Å². The number of carbonyl (C=O) groups is 2. The van der Waals surface area contributed by atoms with Crippen LogP contribution < -0.4 is 4.90 Å². The summed E-state index contributed by atoms with van der Waals surface area (Å²) in [5.74, 6) is -0.290. The highest BCUT2D eigenvalue weighted by atomic mass is 32.1. The SMILES string of the molecule is Cc1ccc(CC(=O)Cc2nc(CC(=O)O)cs2)c(N(C)CC(C)C)c1. The highest BCUT2D eigenvalue weighted by molar-refractivity contribution is 7.09. The molecular formula is C20H26N2O3S. The molecule has 26 heavy (non-hydrogen) atoms. The number of hydrogen-bond acceptors (Lipinski definition) is 5. The van der Waals surface area contributed by atoms with Crippen molar-refractivity contribution in [3.05, 3.63) is 45.4 Å². The first kappa shape index (κ1) is 20.1. The van der Waals surface area contributed by atoms with E-state index < -0.39 is 5.97 Å². The first-order valence-corrected chi connectivity index (χ1v) is 9.60. The van der Waals surface area contributed by atoms with Gasteiger partial charge in [0.15, 0.2) is 0 Å². The maximum atomic E-state index is 12.5. The van der Waals surface area contributed by atoms with Crippen molar-refractivity contribution < 1.29 is 14.7 Å². The molecule has 0 saturated heterocycles. The van der Waals surface area contributed by atoms with Crippen molar-refractivity contribution in [2.45, 2.75) is 40.0 Å². The van der Waals surface area contributed by atoms with Crippen molar-refractivity contribution in [1.29, 1.82) is 0 Å². The Balaban J connectivity index is 2.08. The molecule has 1 aromatic heterocycles. The van der Waals surface area contributed by atoms with E-state index in [0.29, 0.717) is 23.0 Å². The van der Waals surface area contributed by atoms with E-state index >= 15 is 0 Å². The van der Waals surface area contributed by atoms with E-state index in [1.807, 2.05) is 12.1 Å². The normalized spacial score (nSPS) is 11.0. The molecule has 0 aliphatic carbocycles. The number of benzene rings is 1. The van der Waals surface area contributed by atoms with E-state index in [1.165, 1.54) is 16.9 Å². The Morgan fingerprint density at radius 3 is 2.62 bits per heavy atom. The Bertz CT molecular complexity index is 783. The van der Waals surface area contributed by atoms with Crippen LogP contribution in [0.3, 0.4) is 0 Å². The van der Waals surface area contributed by atoms with Crippen LogP contribution >= 0.6 is 11.3 Å². The summed E-state index contributed by atoms with van der Waals surface area (Å²) < 4.78 is 0. The van der Waals surface area contributed by atoms with Crippen LogP contribution in [0.1, 0.15) is 35.7 Å². The second-order valence-corrected chi connectivity index (χ2v) is 8.04. The molecule has 0 radical (unpaired) electrons. The van der Waals surface area contributed by atoms with E-state index in [1.54, 1.807) is 5.38 Å². The summed E-state index contributed by atoms with van der Waals surface area (Å²) in [6.45, 7) is 7.33. The number of nitrogens with zero attached hydrogens (tertiary/aromatic N) is 2. The number of aromatic nitrogens is 1. The van der Waals surface area contributed by atoms with Gasteiger partial charge in [-0.2, -0.15) is 0 Å². The maximum Gasteiger partial charge on any atom is 0.309 e. The lowest BCUT2D eigenvalue weighted by Crippen LogP contribution is -2.24. The molecule has 0 saturated carbocycles. The van der Waals surface area contributed by atoms with Crippen molar-refractivity contribution >= 4 is 28.8 Å². The van der Waals surface area contributed by atoms with E-state index in [-0.39, 0.29) is 18.6 Å². The van der Waals surface area contributed by atoms with Gasteiger partial charge >= 0.3 is 5.97 Å². The fraction of sp³-hybridized carbons (Fsp3) is 0.450. The quantitative estimate of drug-likeness (QED) is 0.727. The van der Waals surface area contributed by atoms with Crippen LogP contribution in [0.5, 0.6) is 0 Å². The zero-order valence-electron chi connectivity index (χ0n) is 15.8. The number of rotatable bonds is 9. The van der Waals surface area contributed by atoms with Gasteiger partial charge in [-0.05, 0) is 30.0 Å². The van der Waals surface area contributed by atoms with Crippen molar-refractivity contribution in [2.24, 2.45) is 5.92 Å². The average Bonchev–Trinajstić information content (AvgIpc) is 2.94. The predicted octanol–water partition coefficient (Wildman–Crippen LogP) is 3.53. The fourth-order valence-electron chi connectivity index (χ4n) is 2.93. The Hall–Kier alpha value is -2.21. The standard InChI is InChI=1S/C20H26N2O3S/c1-13(2)11-22(4)18-7-14(3)5-6-15(18)8-17(23)10-19-21-16(12-26-19)9-20(24)25/h5-7,12-13H,8-11H2,1-4H3,(H,24,25). The molecule has 0 aliphatic rings. The molecule has 2 aromatic rings. The molecule has 0 amide bonds. The molecule has 6 heteroatoms. The number of aliphatic carboxylic acids is 1. The van der Waals surface area contributed by atoms with Gasteiger partial charge < -0.3 is 10.0 Å². The van der Waals surface area contributed by atoms with Crippen LogP contribution in [0.2, 0.25) is 0 Å². The summed E-state index contributed by atoms with van der Waals surface area (Å²) >= 11 is 1.35. The summed E-state index contributed by atoms with van der Waals surface area (Å²) in [6, 6.07) is 6.18. The third-order valence-electron chi connectivity index (χ3n) is 3.96. The number of ketones is 1. The van der Waals surface area contributed by atoms with Crippen LogP contribution in [0, 0.1) is 12.8 Å². The second-order valence-electron chi connectivity index (χ2n) is 7.10. The zero-order chi connectivity index (χ0) is 19.3. The molecule has 0 spiro atoms. The predicted molar refractivity (Wildman–Crippen MR) is 105 cm³/mol. The van der Waals surface area contributed by atoms with Crippen LogP contribution in [-0.4, -0.2) is 35.4 Å². The smallest absolute Gasteiger partial charge is 0.309 e. The Morgan fingerprint density at radius 1 is 1.23 bits per heavy atom. The van der Waals surface area contributed by atoms with Gasteiger partial charge in [0, 0.05) is 31.1 Å². The summed E-state index contributed by atoms with van der Waals surface area (Å²) in [5, 5.41) is 11.2. The largest absolute Gasteiger partial charge is 0.481 e. The van der Waals surface area contributed by atoms with Crippen LogP contribution in [0.15, 0.2) is 23.6 Å². The van der Waals surface area contributed by atoms with Gasteiger partial charge in [0.05, 0.1) is 18.5 Å². The average molecular weight is 375 g/mol. The number of hydrogen-bond donors (Lipinski definition) is 1. The van der Waals surface area contributed by atoms with Crippen molar-refractivity contribution in [3.8, 4) is 0 Å². The summed E-state index contributed by atoms with van der Waals surface area (Å²) in [6.07, 6.45) is 0.490.